The molecule has 0 spiro atoms. The fourth-order valence-electron chi connectivity index (χ4n) is 2.07. The first-order valence-electron chi connectivity index (χ1n) is 6.58. The fourth-order valence-corrected chi connectivity index (χ4v) is 3.66. The third-order valence-electron chi connectivity index (χ3n) is 3.17. The normalized spacial score (nSPS) is 12.0. The molecule has 0 aliphatic heterocycles. The van der Waals surface area contributed by atoms with Crippen molar-refractivity contribution in [2.75, 3.05) is 6.54 Å². The van der Waals surface area contributed by atoms with Gasteiger partial charge in [0.1, 0.15) is 10.7 Å². The first-order chi connectivity index (χ1) is 9.84. The minimum absolute atomic E-state index is 0.167. The summed E-state index contributed by atoms with van der Waals surface area (Å²) in [5.74, 6) is -0.731. The highest BCUT2D eigenvalue weighted by Crippen LogP contribution is 2.22. The summed E-state index contributed by atoms with van der Waals surface area (Å²) in [7, 11) is -2.11. The van der Waals surface area contributed by atoms with E-state index in [0.29, 0.717) is 5.56 Å². The second-order valence-electron chi connectivity index (χ2n) is 4.89. The summed E-state index contributed by atoms with van der Waals surface area (Å²) in [4.78, 5) is -0.284. The van der Waals surface area contributed by atoms with Gasteiger partial charge >= 0.3 is 0 Å². The van der Waals surface area contributed by atoms with Crippen molar-refractivity contribution in [1.29, 1.82) is 0 Å². The molecule has 0 saturated heterocycles. The molecular weight excluding hydrogens is 293 g/mol. The van der Waals surface area contributed by atoms with Crippen LogP contribution >= 0.6 is 0 Å². The minimum atomic E-state index is -3.87. The molecule has 0 fully saturated rings. The minimum Gasteiger partial charge on any atom is -0.275 e. The van der Waals surface area contributed by atoms with Gasteiger partial charge in [0, 0.05) is 31.9 Å². The lowest BCUT2D eigenvalue weighted by Crippen LogP contribution is -2.31. The van der Waals surface area contributed by atoms with Gasteiger partial charge in [-0.15, -0.1) is 0 Å². The summed E-state index contributed by atoms with van der Waals surface area (Å²) in [6, 6.07) is 4.09. The van der Waals surface area contributed by atoms with E-state index in [1.165, 1.54) is 16.4 Å². The van der Waals surface area contributed by atoms with Crippen LogP contribution in [0.4, 0.5) is 4.39 Å². The number of aromatic nitrogens is 2. The van der Waals surface area contributed by atoms with Crippen LogP contribution < -0.4 is 0 Å². The summed E-state index contributed by atoms with van der Waals surface area (Å²) in [6.45, 7) is 3.88. The predicted octanol–water partition coefficient (Wildman–Crippen LogP) is 2.08. The molecule has 0 atom stereocenters. The summed E-state index contributed by atoms with van der Waals surface area (Å²) in [5, 5.41) is 4.01. The SMILES string of the molecule is CCN(Cc1cnn(C)c1)S(=O)(=O)c1cc(C)ccc1F. The average molecular weight is 311 g/mol. The summed E-state index contributed by atoms with van der Waals surface area (Å²) in [6.07, 6.45) is 3.34. The van der Waals surface area contributed by atoms with Crippen LogP contribution in [-0.4, -0.2) is 29.0 Å². The van der Waals surface area contributed by atoms with Gasteiger partial charge in [-0.2, -0.15) is 9.40 Å². The van der Waals surface area contributed by atoms with E-state index in [2.05, 4.69) is 5.10 Å². The molecule has 1 aromatic carbocycles. The van der Waals surface area contributed by atoms with E-state index in [4.69, 9.17) is 0 Å². The van der Waals surface area contributed by atoms with Crippen molar-refractivity contribution in [3.8, 4) is 0 Å². The molecule has 0 aliphatic rings. The van der Waals surface area contributed by atoms with Crippen LogP contribution in [0, 0.1) is 12.7 Å². The van der Waals surface area contributed by atoms with E-state index >= 15 is 0 Å². The van der Waals surface area contributed by atoms with Gasteiger partial charge in [-0.1, -0.05) is 13.0 Å². The highest BCUT2D eigenvalue weighted by atomic mass is 32.2. The van der Waals surface area contributed by atoms with Gasteiger partial charge < -0.3 is 0 Å². The second-order valence-corrected chi connectivity index (χ2v) is 6.79. The Labute approximate surface area is 124 Å². The molecule has 0 amide bonds. The van der Waals surface area contributed by atoms with E-state index in [-0.39, 0.29) is 18.0 Å². The maximum atomic E-state index is 13.9. The molecule has 1 heterocycles. The van der Waals surface area contributed by atoms with Gasteiger partial charge in [0.05, 0.1) is 6.20 Å². The maximum absolute atomic E-state index is 13.9. The fraction of sp³-hybridized carbons (Fsp3) is 0.357. The van der Waals surface area contributed by atoms with Crippen LogP contribution in [0.1, 0.15) is 18.1 Å². The Morgan fingerprint density at radius 1 is 1.38 bits per heavy atom. The Kier molecular flexibility index (Phi) is 4.43. The zero-order valence-corrected chi connectivity index (χ0v) is 13.1. The van der Waals surface area contributed by atoms with Crippen molar-refractivity contribution < 1.29 is 12.8 Å². The third kappa shape index (κ3) is 3.30. The van der Waals surface area contributed by atoms with Gasteiger partial charge in [-0.05, 0) is 24.6 Å². The van der Waals surface area contributed by atoms with Gasteiger partial charge in [0.2, 0.25) is 10.0 Å². The van der Waals surface area contributed by atoms with E-state index in [1.807, 2.05) is 0 Å². The van der Waals surface area contributed by atoms with Crippen LogP contribution in [0.25, 0.3) is 0 Å². The van der Waals surface area contributed by atoms with Crippen LogP contribution in [-0.2, 0) is 23.6 Å². The van der Waals surface area contributed by atoms with Gasteiger partial charge in [-0.25, -0.2) is 12.8 Å². The monoisotopic (exact) mass is 311 g/mol. The van der Waals surface area contributed by atoms with Crippen molar-refractivity contribution in [3.05, 3.63) is 47.5 Å². The predicted molar refractivity (Wildman–Crippen MR) is 77.6 cm³/mol. The first kappa shape index (κ1) is 15.7. The first-order valence-corrected chi connectivity index (χ1v) is 8.02. The van der Waals surface area contributed by atoms with Gasteiger partial charge in [0.25, 0.3) is 0 Å². The quantitative estimate of drug-likeness (QED) is 0.849. The highest BCUT2D eigenvalue weighted by Gasteiger charge is 2.26. The Hall–Kier alpha value is -1.73. The lowest BCUT2D eigenvalue weighted by Gasteiger charge is -2.20. The van der Waals surface area contributed by atoms with E-state index < -0.39 is 15.8 Å². The lowest BCUT2D eigenvalue weighted by molar-refractivity contribution is 0.419. The van der Waals surface area contributed by atoms with E-state index in [0.717, 1.165) is 5.56 Å². The molecule has 2 rings (SSSR count). The van der Waals surface area contributed by atoms with Crippen LogP contribution in [0.15, 0.2) is 35.5 Å². The van der Waals surface area contributed by atoms with E-state index in [9.17, 15) is 12.8 Å². The molecule has 2 aromatic rings. The zero-order valence-electron chi connectivity index (χ0n) is 12.2. The number of benzene rings is 1. The summed E-state index contributed by atoms with van der Waals surface area (Å²) in [5.41, 5.74) is 1.46. The van der Waals surface area contributed by atoms with Crippen molar-refractivity contribution >= 4 is 10.0 Å². The standard InChI is InChI=1S/C14H18FN3O2S/c1-4-18(10-12-8-16-17(3)9-12)21(19,20)14-7-11(2)5-6-13(14)15/h5-9H,4,10H2,1-3H3. The van der Waals surface area contributed by atoms with Crippen molar-refractivity contribution in [2.24, 2.45) is 7.05 Å². The summed E-state index contributed by atoms with van der Waals surface area (Å²) >= 11 is 0. The number of nitrogens with zero attached hydrogens (tertiary/aromatic N) is 3. The molecule has 0 bridgehead atoms. The van der Waals surface area contributed by atoms with E-state index in [1.54, 1.807) is 44.0 Å². The molecule has 21 heavy (non-hydrogen) atoms. The molecule has 1 aromatic heterocycles. The molecule has 114 valence electrons. The molecular formula is C14H18FN3O2S. The molecule has 5 nitrogen and oxygen atoms in total. The maximum Gasteiger partial charge on any atom is 0.246 e. The number of aryl methyl sites for hydroxylation is 2. The van der Waals surface area contributed by atoms with Crippen LogP contribution in [0.2, 0.25) is 0 Å². The van der Waals surface area contributed by atoms with Gasteiger partial charge in [0.15, 0.2) is 0 Å². The number of rotatable bonds is 5. The topological polar surface area (TPSA) is 55.2 Å². The molecule has 0 saturated carbocycles. The molecule has 7 heteroatoms. The second kappa shape index (κ2) is 5.95. The molecule has 0 aliphatic carbocycles. The Bertz CT molecular complexity index is 740. The number of hydrogen-bond acceptors (Lipinski definition) is 3. The van der Waals surface area contributed by atoms with Crippen molar-refractivity contribution in [2.45, 2.75) is 25.3 Å². The Morgan fingerprint density at radius 3 is 2.67 bits per heavy atom. The largest absolute Gasteiger partial charge is 0.275 e. The van der Waals surface area contributed by atoms with Gasteiger partial charge in [-0.3, -0.25) is 4.68 Å². The smallest absolute Gasteiger partial charge is 0.246 e. The van der Waals surface area contributed by atoms with Crippen LogP contribution in [0.3, 0.4) is 0 Å². The number of halogens is 1. The zero-order chi connectivity index (χ0) is 15.6. The molecule has 0 N–H and O–H groups in total. The van der Waals surface area contributed by atoms with Crippen molar-refractivity contribution in [1.82, 2.24) is 14.1 Å². The molecule has 0 radical (unpaired) electrons. The average Bonchev–Trinajstić information content (AvgIpc) is 2.84. The number of sulfonamides is 1. The van der Waals surface area contributed by atoms with Crippen LogP contribution in [0.5, 0.6) is 0 Å². The van der Waals surface area contributed by atoms with Crippen molar-refractivity contribution in [3.63, 3.8) is 0 Å². The lowest BCUT2D eigenvalue weighted by atomic mass is 10.2. The Balaban J connectivity index is 2.37. The number of hydrogen-bond donors (Lipinski definition) is 0. The summed E-state index contributed by atoms with van der Waals surface area (Å²) < 4.78 is 41.9. The highest BCUT2D eigenvalue weighted by molar-refractivity contribution is 7.89. The molecule has 0 unspecified atom stereocenters. The third-order valence-corrected chi connectivity index (χ3v) is 5.11. The Morgan fingerprint density at radius 2 is 2.10 bits per heavy atom.